The first-order valence-corrected chi connectivity index (χ1v) is 7.26. The highest BCUT2D eigenvalue weighted by molar-refractivity contribution is 5.29. The van der Waals surface area contributed by atoms with Crippen LogP contribution in [0.3, 0.4) is 0 Å². The number of benzene rings is 1. The second-order valence-electron chi connectivity index (χ2n) is 6.17. The summed E-state index contributed by atoms with van der Waals surface area (Å²) in [6.07, 6.45) is 4.97. The molecule has 2 aliphatic rings. The van der Waals surface area contributed by atoms with E-state index in [0.717, 1.165) is 11.8 Å². The van der Waals surface area contributed by atoms with Gasteiger partial charge in [0.1, 0.15) is 0 Å². The lowest BCUT2D eigenvalue weighted by Crippen LogP contribution is -2.34. The highest BCUT2D eigenvalue weighted by Gasteiger charge is 2.27. The maximum Gasteiger partial charge on any atom is 0.00504 e. The van der Waals surface area contributed by atoms with Gasteiger partial charge in [0, 0.05) is 6.04 Å². The Hall–Kier alpha value is -0.860. The molecule has 18 heavy (non-hydrogen) atoms. The second-order valence-corrected chi connectivity index (χ2v) is 6.17. The van der Waals surface area contributed by atoms with Gasteiger partial charge in [-0.3, -0.25) is 0 Å². The zero-order chi connectivity index (χ0) is 12.5. The molecule has 0 radical (unpaired) electrons. The van der Waals surface area contributed by atoms with Crippen LogP contribution in [0.15, 0.2) is 24.3 Å². The highest BCUT2D eigenvalue weighted by atomic mass is 15.1. The van der Waals surface area contributed by atoms with Gasteiger partial charge in [-0.2, -0.15) is 0 Å². The second kappa shape index (κ2) is 5.02. The summed E-state index contributed by atoms with van der Waals surface area (Å²) in [5, 5.41) is 0. The largest absolute Gasteiger partial charge is 0.328 e. The summed E-state index contributed by atoms with van der Waals surface area (Å²) in [7, 11) is 2.22. The average molecular weight is 244 g/mol. The molecular weight excluding hydrogens is 220 g/mol. The predicted octanol–water partition coefficient (Wildman–Crippen LogP) is 2.70. The number of nitrogens with zero attached hydrogens (tertiary/aromatic N) is 1. The van der Waals surface area contributed by atoms with Crippen molar-refractivity contribution in [2.24, 2.45) is 5.73 Å². The van der Waals surface area contributed by atoms with Crippen LogP contribution >= 0.6 is 0 Å². The molecule has 2 nitrogen and oxygen atoms in total. The topological polar surface area (TPSA) is 29.3 Å². The summed E-state index contributed by atoms with van der Waals surface area (Å²) < 4.78 is 0. The molecule has 1 heterocycles. The van der Waals surface area contributed by atoms with E-state index < -0.39 is 0 Å². The Morgan fingerprint density at radius 2 is 1.44 bits per heavy atom. The summed E-state index contributed by atoms with van der Waals surface area (Å²) >= 11 is 0. The van der Waals surface area contributed by atoms with Crippen LogP contribution in [-0.2, 0) is 0 Å². The van der Waals surface area contributed by atoms with E-state index >= 15 is 0 Å². The lowest BCUT2D eigenvalue weighted by atomic mass is 9.76. The summed E-state index contributed by atoms with van der Waals surface area (Å²) in [6.45, 7) is 2.48. The van der Waals surface area contributed by atoms with Crippen LogP contribution < -0.4 is 5.73 Å². The molecule has 0 bridgehead atoms. The van der Waals surface area contributed by atoms with Crippen molar-refractivity contribution in [1.82, 2.24) is 4.90 Å². The fraction of sp³-hybridized carbons (Fsp3) is 0.625. The number of rotatable bonds is 2. The quantitative estimate of drug-likeness (QED) is 0.866. The van der Waals surface area contributed by atoms with Crippen molar-refractivity contribution in [3.05, 3.63) is 35.4 Å². The van der Waals surface area contributed by atoms with Gasteiger partial charge < -0.3 is 10.6 Å². The number of likely N-dealkylation sites (tertiary alicyclic amines) is 1. The molecular formula is C16H24N2. The van der Waals surface area contributed by atoms with Crippen LogP contribution in [0.4, 0.5) is 0 Å². The minimum absolute atomic E-state index is 0.448. The SMILES string of the molecule is CN1CCC(c2ccc(C3CC(N)C3)cc2)CC1. The zero-order valence-corrected chi connectivity index (χ0v) is 11.3. The monoisotopic (exact) mass is 244 g/mol. The summed E-state index contributed by atoms with van der Waals surface area (Å²) in [4.78, 5) is 2.43. The smallest absolute Gasteiger partial charge is 0.00504 e. The molecule has 0 spiro atoms. The fourth-order valence-electron chi connectivity index (χ4n) is 3.32. The molecule has 98 valence electrons. The van der Waals surface area contributed by atoms with E-state index in [-0.39, 0.29) is 0 Å². The molecule has 2 N–H and O–H groups in total. The van der Waals surface area contributed by atoms with Crippen molar-refractivity contribution in [2.75, 3.05) is 20.1 Å². The van der Waals surface area contributed by atoms with Crippen molar-refractivity contribution in [3.63, 3.8) is 0 Å². The van der Waals surface area contributed by atoms with Crippen molar-refractivity contribution >= 4 is 0 Å². The first-order chi connectivity index (χ1) is 8.72. The minimum atomic E-state index is 0.448. The van der Waals surface area contributed by atoms with Gasteiger partial charge in [0.05, 0.1) is 0 Å². The van der Waals surface area contributed by atoms with Crippen molar-refractivity contribution < 1.29 is 0 Å². The standard InChI is InChI=1S/C16H24N2/c1-18-8-6-14(7-9-18)12-2-4-13(5-3-12)15-10-16(17)11-15/h2-5,14-16H,6-11,17H2,1H3. The van der Waals surface area contributed by atoms with Gasteiger partial charge in [-0.15, -0.1) is 0 Å². The Bertz CT molecular complexity index is 384. The fourth-order valence-corrected chi connectivity index (χ4v) is 3.32. The molecule has 2 heteroatoms. The molecule has 1 aliphatic heterocycles. The van der Waals surface area contributed by atoms with Crippen molar-refractivity contribution in [3.8, 4) is 0 Å². The van der Waals surface area contributed by atoms with Crippen LogP contribution in [0.25, 0.3) is 0 Å². The van der Waals surface area contributed by atoms with Gasteiger partial charge in [-0.1, -0.05) is 24.3 Å². The third-order valence-corrected chi connectivity index (χ3v) is 4.77. The van der Waals surface area contributed by atoms with Crippen LogP contribution in [0.2, 0.25) is 0 Å². The maximum atomic E-state index is 5.86. The van der Waals surface area contributed by atoms with E-state index in [0.29, 0.717) is 6.04 Å². The molecule has 1 saturated heterocycles. The molecule has 1 aromatic rings. The molecule has 0 unspecified atom stereocenters. The number of nitrogens with two attached hydrogens (primary N) is 1. The molecule has 0 aromatic heterocycles. The van der Waals surface area contributed by atoms with Gasteiger partial charge in [0.2, 0.25) is 0 Å². The normalized spacial score (nSPS) is 30.1. The molecule has 0 amide bonds. The molecule has 2 fully saturated rings. The van der Waals surface area contributed by atoms with Crippen LogP contribution in [0.1, 0.15) is 48.6 Å². The number of hydrogen-bond acceptors (Lipinski definition) is 2. The number of piperidine rings is 1. The molecule has 1 aliphatic carbocycles. The van der Waals surface area contributed by atoms with Crippen molar-refractivity contribution in [1.29, 1.82) is 0 Å². The third kappa shape index (κ3) is 2.45. The Labute approximate surface area is 110 Å². The van der Waals surface area contributed by atoms with E-state index in [1.54, 1.807) is 0 Å². The van der Waals surface area contributed by atoms with Crippen LogP contribution in [0.5, 0.6) is 0 Å². The Morgan fingerprint density at radius 1 is 0.944 bits per heavy atom. The Kier molecular flexibility index (Phi) is 3.40. The maximum absolute atomic E-state index is 5.86. The first kappa shape index (κ1) is 12.2. The van der Waals surface area contributed by atoms with E-state index in [4.69, 9.17) is 5.73 Å². The summed E-state index contributed by atoms with van der Waals surface area (Å²) in [6, 6.07) is 9.84. The van der Waals surface area contributed by atoms with E-state index in [1.165, 1.54) is 49.9 Å². The minimum Gasteiger partial charge on any atom is -0.328 e. The summed E-state index contributed by atoms with van der Waals surface area (Å²) in [5.41, 5.74) is 8.89. The van der Waals surface area contributed by atoms with E-state index in [1.807, 2.05) is 0 Å². The molecule has 1 aromatic carbocycles. The lowest BCUT2D eigenvalue weighted by molar-refractivity contribution is 0.255. The van der Waals surface area contributed by atoms with E-state index in [9.17, 15) is 0 Å². The predicted molar refractivity (Wildman–Crippen MR) is 75.9 cm³/mol. The lowest BCUT2D eigenvalue weighted by Gasteiger charge is -2.33. The van der Waals surface area contributed by atoms with Gasteiger partial charge in [-0.05, 0) is 68.8 Å². The van der Waals surface area contributed by atoms with Gasteiger partial charge in [0.25, 0.3) is 0 Å². The molecule has 1 saturated carbocycles. The highest BCUT2D eigenvalue weighted by Crippen LogP contribution is 2.36. The van der Waals surface area contributed by atoms with Crippen LogP contribution in [-0.4, -0.2) is 31.1 Å². The van der Waals surface area contributed by atoms with Gasteiger partial charge in [0.15, 0.2) is 0 Å². The summed E-state index contributed by atoms with van der Waals surface area (Å²) in [5.74, 6) is 1.51. The third-order valence-electron chi connectivity index (χ3n) is 4.77. The Morgan fingerprint density at radius 3 is 1.94 bits per heavy atom. The number of hydrogen-bond donors (Lipinski definition) is 1. The molecule has 0 atom stereocenters. The zero-order valence-electron chi connectivity index (χ0n) is 11.3. The van der Waals surface area contributed by atoms with Gasteiger partial charge in [-0.25, -0.2) is 0 Å². The molecule has 3 rings (SSSR count). The van der Waals surface area contributed by atoms with Gasteiger partial charge >= 0.3 is 0 Å². The van der Waals surface area contributed by atoms with Crippen molar-refractivity contribution in [2.45, 2.75) is 43.6 Å². The average Bonchev–Trinajstić information content (AvgIpc) is 2.36. The Balaban J connectivity index is 1.64. The van der Waals surface area contributed by atoms with E-state index in [2.05, 4.69) is 36.2 Å². The first-order valence-electron chi connectivity index (χ1n) is 7.26. The van der Waals surface area contributed by atoms with Crippen LogP contribution in [0, 0.1) is 0 Å².